The summed E-state index contributed by atoms with van der Waals surface area (Å²) in [5.41, 5.74) is 0. The Morgan fingerprint density at radius 1 is 1.36 bits per heavy atom. The molecule has 0 radical (unpaired) electrons. The molecule has 2 aliphatic carbocycles. The first-order chi connectivity index (χ1) is 5.33. The standard InChI is InChI=1S/C10H14O/c1-2-7-3-4-9-8(7)5-6-10(9)11/h2,7-9H,1,3-6H2/t7-,8-,9+/m1/s1. The van der Waals surface area contributed by atoms with Crippen LogP contribution in [0.25, 0.3) is 0 Å². The first-order valence-corrected chi connectivity index (χ1v) is 4.48. The van der Waals surface area contributed by atoms with Gasteiger partial charge in [0.15, 0.2) is 0 Å². The maximum atomic E-state index is 11.3. The molecular weight excluding hydrogens is 136 g/mol. The Balaban J connectivity index is 2.15. The minimum Gasteiger partial charge on any atom is -0.299 e. The van der Waals surface area contributed by atoms with Crippen molar-refractivity contribution in [3.05, 3.63) is 12.7 Å². The average Bonchev–Trinajstić information content (AvgIpc) is 2.53. The molecule has 3 atom stereocenters. The molecule has 0 aromatic carbocycles. The number of hydrogen-bond acceptors (Lipinski definition) is 1. The third kappa shape index (κ3) is 0.943. The Bertz CT molecular complexity index is 195. The van der Waals surface area contributed by atoms with E-state index in [1.54, 1.807) is 0 Å². The second-order valence-corrected chi connectivity index (χ2v) is 3.75. The summed E-state index contributed by atoms with van der Waals surface area (Å²) < 4.78 is 0. The zero-order chi connectivity index (χ0) is 7.84. The van der Waals surface area contributed by atoms with Gasteiger partial charge in [0.25, 0.3) is 0 Å². The molecule has 1 nitrogen and oxygen atoms in total. The van der Waals surface area contributed by atoms with E-state index in [1.807, 2.05) is 6.08 Å². The maximum absolute atomic E-state index is 11.3. The molecular formula is C10H14O. The minimum atomic E-state index is 0.415. The molecule has 0 saturated heterocycles. The van der Waals surface area contributed by atoms with Gasteiger partial charge in [-0.2, -0.15) is 0 Å². The zero-order valence-corrected chi connectivity index (χ0v) is 6.75. The van der Waals surface area contributed by atoms with Crippen molar-refractivity contribution >= 4 is 5.78 Å². The number of fused-ring (bicyclic) bond motifs is 1. The molecule has 0 unspecified atom stereocenters. The van der Waals surface area contributed by atoms with Crippen molar-refractivity contribution in [3.63, 3.8) is 0 Å². The summed E-state index contributed by atoms with van der Waals surface area (Å²) in [7, 11) is 0. The summed E-state index contributed by atoms with van der Waals surface area (Å²) in [6.07, 6.45) is 6.33. The van der Waals surface area contributed by atoms with Crippen molar-refractivity contribution in [1.82, 2.24) is 0 Å². The molecule has 11 heavy (non-hydrogen) atoms. The second-order valence-electron chi connectivity index (χ2n) is 3.75. The number of hydrogen-bond donors (Lipinski definition) is 0. The van der Waals surface area contributed by atoms with Gasteiger partial charge in [0.1, 0.15) is 5.78 Å². The van der Waals surface area contributed by atoms with Gasteiger partial charge in [-0.1, -0.05) is 6.08 Å². The van der Waals surface area contributed by atoms with Crippen molar-refractivity contribution in [1.29, 1.82) is 0 Å². The average molecular weight is 150 g/mol. The highest BCUT2D eigenvalue weighted by molar-refractivity contribution is 5.83. The Morgan fingerprint density at radius 2 is 2.18 bits per heavy atom. The predicted molar refractivity (Wildman–Crippen MR) is 44.1 cm³/mol. The number of ketones is 1. The van der Waals surface area contributed by atoms with E-state index < -0.39 is 0 Å². The molecule has 2 saturated carbocycles. The van der Waals surface area contributed by atoms with Gasteiger partial charge in [0.05, 0.1) is 0 Å². The monoisotopic (exact) mass is 150 g/mol. The summed E-state index contributed by atoms with van der Waals surface area (Å²) >= 11 is 0. The van der Waals surface area contributed by atoms with E-state index in [-0.39, 0.29) is 0 Å². The van der Waals surface area contributed by atoms with Crippen LogP contribution in [0.3, 0.4) is 0 Å². The van der Waals surface area contributed by atoms with Gasteiger partial charge in [0.2, 0.25) is 0 Å². The van der Waals surface area contributed by atoms with Gasteiger partial charge in [-0.3, -0.25) is 4.79 Å². The van der Waals surface area contributed by atoms with Crippen LogP contribution in [0.4, 0.5) is 0 Å². The van der Waals surface area contributed by atoms with Crippen LogP contribution in [0.2, 0.25) is 0 Å². The molecule has 0 bridgehead atoms. The topological polar surface area (TPSA) is 17.1 Å². The molecule has 0 spiro atoms. The first-order valence-electron chi connectivity index (χ1n) is 4.48. The SMILES string of the molecule is C=C[C@@H]1CC[C@@H]2C(=O)CC[C@H]12. The van der Waals surface area contributed by atoms with Gasteiger partial charge in [0, 0.05) is 12.3 Å². The molecule has 0 amide bonds. The lowest BCUT2D eigenvalue weighted by Gasteiger charge is -2.12. The zero-order valence-electron chi connectivity index (χ0n) is 6.75. The van der Waals surface area contributed by atoms with E-state index in [0.29, 0.717) is 23.5 Å². The van der Waals surface area contributed by atoms with Crippen LogP contribution in [-0.2, 0) is 4.79 Å². The lowest BCUT2D eigenvalue weighted by Crippen LogP contribution is -2.10. The van der Waals surface area contributed by atoms with Crippen LogP contribution >= 0.6 is 0 Å². The molecule has 1 heteroatoms. The molecule has 0 N–H and O–H groups in total. The molecule has 2 rings (SSSR count). The Morgan fingerprint density at radius 3 is 2.91 bits per heavy atom. The Labute approximate surface area is 67.5 Å². The number of carbonyl (C=O) groups is 1. The smallest absolute Gasteiger partial charge is 0.136 e. The quantitative estimate of drug-likeness (QED) is 0.523. The molecule has 0 heterocycles. The lowest BCUT2D eigenvalue weighted by molar-refractivity contribution is -0.120. The molecule has 0 aromatic rings. The number of rotatable bonds is 1. The highest BCUT2D eigenvalue weighted by Gasteiger charge is 2.42. The fourth-order valence-corrected chi connectivity index (χ4v) is 2.70. The third-order valence-electron chi connectivity index (χ3n) is 3.32. The predicted octanol–water partition coefficient (Wildman–Crippen LogP) is 2.18. The number of allylic oxidation sites excluding steroid dienone is 1. The van der Waals surface area contributed by atoms with Gasteiger partial charge in [-0.15, -0.1) is 6.58 Å². The van der Waals surface area contributed by atoms with Gasteiger partial charge in [-0.25, -0.2) is 0 Å². The maximum Gasteiger partial charge on any atom is 0.136 e. The lowest BCUT2D eigenvalue weighted by atomic mass is 9.92. The third-order valence-corrected chi connectivity index (χ3v) is 3.32. The van der Waals surface area contributed by atoms with Crippen LogP contribution in [0.5, 0.6) is 0 Å². The van der Waals surface area contributed by atoms with Crippen LogP contribution in [0, 0.1) is 17.8 Å². The van der Waals surface area contributed by atoms with Crippen molar-refractivity contribution in [2.45, 2.75) is 25.7 Å². The van der Waals surface area contributed by atoms with Crippen molar-refractivity contribution in [2.75, 3.05) is 0 Å². The van der Waals surface area contributed by atoms with Crippen molar-refractivity contribution in [3.8, 4) is 0 Å². The molecule has 0 aromatic heterocycles. The summed E-state index contributed by atoms with van der Waals surface area (Å²) in [4.78, 5) is 11.3. The summed E-state index contributed by atoms with van der Waals surface area (Å²) in [6.45, 7) is 3.82. The number of Topliss-reactive ketones (excluding diaryl/α,β-unsaturated/α-hetero) is 1. The Kier molecular flexibility index (Phi) is 1.59. The molecule has 2 fully saturated rings. The number of carbonyl (C=O) groups excluding carboxylic acids is 1. The van der Waals surface area contributed by atoms with Crippen molar-refractivity contribution < 1.29 is 4.79 Å². The van der Waals surface area contributed by atoms with E-state index in [1.165, 1.54) is 6.42 Å². The molecule has 60 valence electrons. The minimum absolute atomic E-state index is 0.415. The highest BCUT2D eigenvalue weighted by atomic mass is 16.1. The summed E-state index contributed by atoms with van der Waals surface area (Å²) in [5.74, 6) is 2.24. The Hall–Kier alpha value is -0.590. The van der Waals surface area contributed by atoms with E-state index >= 15 is 0 Å². The van der Waals surface area contributed by atoms with Crippen LogP contribution in [0.15, 0.2) is 12.7 Å². The van der Waals surface area contributed by atoms with E-state index in [2.05, 4.69) is 6.58 Å². The van der Waals surface area contributed by atoms with Gasteiger partial charge < -0.3 is 0 Å². The van der Waals surface area contributed by atoms with Crippen LogP contribution in [-0.4, -0.2) is 5.78 Å². The van der Waals surface area contributed by atoms with Gasteiger partial charge in [-0.05, 0) is 31.1 Å². The normalized spacial score (nSPS) is 42.5. The van der Waals surface area contributed by atoms with E-state index in [9.17, 15) is 4.79 Å². The first kappa shape index (κ1) is 7.08. The van der Waals surface area contributed by atoms with E-state index in [4.69, 9.17) is 0 Å². The van der Waals surface area contributed by atoms with Crippen LogP contribution < -0.4 is 0 Å². The summed E-state index contributed by atoms with van der Waals surface area (Å²) in [6, 6.07) is 0. The van der Waals surface area contributed by atoms with E-state index in [0.717, 1.165) is 19.3 Å². The fraction of sp³-hybridized carbons (Fsp3) is 0.700. The molecule has 0 aliphatic heterocycles. The molecule has 2 aliphatic rings. The largest absolute Gasteiger partial charge is 0.299 e. The fourth-order valence-electron chi connectivity index (χ4n) is 2.70. The van der Waals surface area contributed by atoms with Gasteiger partial charge >= 0.3 is 0 Å². The highest BCUT2D eigenvalue weighted by Crippen LogP contribution is 2.45. The second kappa shape index (κ2) is 2.47. The summed E-state index contributed by atoms with van der Waals surface area (Å²) in [5, 5.41) is 0. The van der Waals surface area contributed by atoms with Crippen LogP contribution in [0.1, 0.15) is 25.7 Å². The van der Waals surface area contributed by atoms with Crippen molar-refractivity contribution in [2.24, 2.45) is 17.8 Å².